The second-order valence-electron chi connectivity index (χ2n) is 8.38. The molecule has 0 bridgehead atoms. The Hall–Kier alpha value is -4.36. The van der Waals surface area contributed by atoms with Gasteiger partial charge in [0.2, 0.25) is 0 Å². The summed E-state index contributed by atoms with van der Waals surface area (Å²) in [5, 5.41) is 20.4. The Morgan fingerprint density at radius 3 is 2.47 bits per heavy atom. The molecule has 4 heterocycles. The van der Waals surface area contributed by atoms with Crippen LogP contribution in [0.3, 0.4) is 0 Å². The summed E-state index contributed by atoms with van der Waals surface area (Å²) in [5.74, 6) is 0.701. The summed E-state index contributed by atoms with van der Waals surface area (Å²) >= 11 is 0. The molecule has 4 aromatic heterocycles. The number of fused-ring (bicyclic) bond motifs is 3. The molecule has 166 valence electrons. The number of aromatic nitrogens is 6. The van der Waals surface area contributed by atoms with Gasteiger partial charge in [-0.1, -0.05) is 54.6 Å². The van der Waals surface area contributed by atoms with Crippen LogP contribution in [-0.2, 0) is 6.54 Å². The van der Waals surface area contributed by atoms with Crippen LogP contribution in [0, 0.1) is 6.92 Å². The van der Waals surface area contributed by atoms with Crippen molar-refractivity contribution in [2.75, 3.05) is 7.05 Å². The molecule has 0 aliphatic rings. The quantitative estimate of drug-likeness (QED) is 0.389. The predicted octanol–water partition coefficient (Wildman–Crippen LogP) is 5.03. The molecule has 0 unspecified atom stereocenters. The zero-order chi connectivity index (χ0) is 23.1. The van der Waals surface area contributed by atoms with Gasteiger partial charge in [-0.15, -0.1) is 10.2 Å². The van der Waals surface area contributed by atoms with Gasteiger partial charge in [0.1, 0.15) is 5.69 Å². The second-order valence-corrected chi connectivity index (χ2v) is 8.38. The zero-order valence-electron chi connectivity index (χ0n) is 18.9. The molecule has 34 heavy (non-hydrogen) atoms. The standard InChI is InChI=1S/C27H23N7/c1-17-14-24(31-30-17)27-33-32-26-22-15-21(19-6-4-3-5-7-19)25(29-23(22)12-13-34(26)27)20-10-8-18(9-11-20)16-28-2/h3-15,28H,16H2,1-2H3,(H,30,31). The Labute approximate surface area is 196 Å². The molecule has 6 rings (SSSR count). The fourth-order valence-electron chi connectivity index (χ4n) is 4.34. The smallest absolute Gasteiger partial charge is 0.188 e. The van der Waals surface area contributed by atoms with Gasteiger partial charge in [0.05, 0.1) is 11.2 Å². The maximum atomic E-state index is 5.12. The SMILES string of the molecule is CNCc1ccc(-c2nc3ccn4c(-c5cc(C)[nH]n5)nnc4c3cc2-c2ccccc2)cc1. The van der Waals surface area contributed by atoms with Crippen molar-refractivity contribution in [3.05, 3.63) is 90.3 Å². The van der Waals surface area contributed by atoms with E-state index >= 15 is 0 Å². The number of rotatable bonds is 5. The van der Waals surface area contributed by atoms with Crippen LogP contribution >= 0.6 is 0 Å². The third-order valence-corrected chi connectivity index (χ3v) is 6.00. The Bertz CT molecular complexity index is 1610. The lowest BCUT2D eigenvalue weighted by Crippen LogP contribution is -2.04. The molecule has 7 heteroatoms. The highest BCUT2D eigenvalue weighted by Crippen LogP contribution is 2.35. The summed E-state index contributed by atoms with van der Waals surface area (Å²) in [6.45, 7) is 2.80. The molecule has 0 amide bonds. The van der Waals surface area contributed by atoms with E-state index in [0.717, 1.165) is 56.9 Å². The number of nitrogens with zero attached hydrogens (tertiary/aromatic N) is 5. The minimum atomic E-state index is 0.701. The lowest BCUT2D eigenvalue weighted by molar-refractivity contribution is 0.818. The highest BCUT2D eigenvalue weighted by molar-refractivity contribution is 5.98. The van der Waals surface area contributed by atoms with Crippen molar-refractivity contribution >= 4 is 16.6 Å². The minimum absolute atomic E-state index is 0.701. The fraction of sp³-hybridized carbons (Fsp3) is 0.111. The monoisotopic (exact) mass is 445 g/mol. The van der Waals surface area contributed by atoms with Crippen molar-refractivity contribution in [3.63, 3.8) is 0 Å². The summed E-state index contributed by atoms with van der Waals surface area (Å²) in [5.41, 5.74) is 8.80. The van der Waals surface area contributed by atoms with Gasteiger partial charge in [0.15, 0.2) is 11.5 Å². The number of hydrogen-bond acceptors (Lipinski definition) is 5. The van der Waals surface area contributed by atoms with Crippen LogP contribution in [0.1, 0.15) is 11.3 Å². The number of hydrogen-bond donors (Lipinski definition) is 2. The van der Waals surface area contributed by atoms with Crippen molar-refractivity contribution in [2.24, 2.45) is 0 Å². The Morgan fingerprint density at radius 2 is 1.74 bits per heavy atom. The Balaban J connectivity index is 1.58. The Morgan fingerprint density at radius 1 is 0.912 bits per heavy atom. The lowest BCUT2D eigenvalue weighted by Gasteiger charge is -2.13. The molecule has 0 aliphatic heterocycles. The number of aromatic amines is 1. The van der Waals surface area contributed by atoms with E-state index in [1.165, 1.54) is 5.56 Å². The molecular formula is C27H23N7. The third kappa shape index (κ3) is 3.43. The minimum Gasteiger partial charge on any atom is -0.316 e. The van der Waals surface area contributed by atoms with Crippen molar-refractivity contribution in [1.82, 2.24) is 35.1 Å². The van der Waals surface area contributed by atoms with Gasteiger partial charge in [-0.2, -0.15) is 5.10 Å². The summed E-state index contributed by atoms with van der Waals surface area (Å²) < 4.78 is 1.97. The van der Waals surface area contributed by atoms with Crippen LogP contribution in [0.15, 0.2) is 79.0 Å². The lowest BCUT2D eigenvalue weighted by atomic mass is 9.97. The zero-order valence-corrected chi connectivity index (χ0v) is 18.9. The van der Waals surface area contributed by atoms with Gasteiger partial charge in [-0.05, 0) is 43.3 Å². The fourth-order valence-corrected chi connectivity index (χ4v) is 4.34. The number of aryl methyl sites for hydroxylation is 1. The molecule has 7 nitrogen and oxygen atoms in total. The van der Waals surface area contributed by atoms with Crippen LogP contribution in [0.2, 0.25) is 0 Å². The topological polar surface area (TPSA) is 83.8 Å². The van der Waals surface area contributed by atoms with Crippen LogP contribution in [0.25, 0.3) is 50.5 Å². The maximum absolute atomic E-state index is 5.12. The first-order valence-corrected chi connectivity index (χ1v) is 11.2. The van der Waals surface area contributed by atoms with Gasteiger partial charge in [0.25, 0.3) is 0 Å². The predicted molar refractivity (Wildman–Crippen MR) is 134 cm³/mol. The first-order valence-electron chi connectivity index (χ1n) is 11.2. The Kier molecular flexibility index (Phi) is 4.89. The number of nitrogens with one attached hydrogen (secondary N) is 2. The molecule has 0 fully saturated rings. The van der Waals surface area contributed by atoms with E-state index in [4.69, 9.17) is 4.98 Å². The number of H-pyrrole nitrogens is 1. The van der Waals surface area contributed by atoms with Crippen molar-refractivity contribution in [3.8, 4) is 33.9 Å². The average molecular weight is 446 g/mol. The van der Waals surface area contributed by atoms with Crippen molar-refractivity contribution in [1.29, 1.82) is 0 Å². The molecule has 0 spiro atoms. The van der Waals surface area contributed by atoms with Gasteiger partial charge in [0, 0.05) is 34.9 Å². The van der Waals surface area contributed by atoms with Gasteiger partial charge in [-0.25, -0.2) is 4.98 Å². The molecule has 0 radical (unpaired) electrons. The third-order valence-electron chi connectivity index (χ3n) is 6.00. The second kappa shape index (κ2) is 8.20. The molecule has 0 aliphatic carbocycles. The van der Waals surface area contributed by atoms with Crippen LogP contribution in [-0.4, -0.2) is 36.8 Å². The molecule has 0 saturated heterocycles. The summed E-state index contributed by atoms with van der Waals surface area (Å²) in [6.07, 6.45) is 1.96. The van der Waals surface area contributed by atoms with Crippen LogP contribution in [0.4, 0.5) is 0 Å². The highest BCUT2D eigenvalue weighted by atomic mass is 15.3. The van der Waals surface area contributed by atoms with E-state index in [0.29, 0.717) is 5.82 Å². The van der Waals surface area contributed by atoms with Gasteiger partial charge < -0.3 is 5.32 Å². The summed E-state index contributed by atoms with van der Waals surface area (Å²) in [7, 11) is 1.95. The van der Waals surface area contributed by atoms with Crippen molar-refractivity contribution < 1.29 is 0 Å². The van der Waals surface area contributed by atoms with E-state index < -0.39 is 0 Å². The summed E-state index contributed by atoms with van der Waals surface area (Å²) in [6, 6.07) is 25.1. The van der Waals surface area contributed by atoms with E-state index in [2.05, 4.69) is 80.3 Å². The maximum Gasteiger partial charge on any atom is 0.188 e. The molecule has 0 saturated carbocycles. The normalized spacial score (nSPS) is 11.5. The van der Waals surface area contributed by atoms with Gasteiger partial charge in [-0.3, -0.25) is 9.50 Å². The van der Waals surface area contributed by atoms with Crippen molar-refractivity contribution in [2.45, 2.75) is 13.5 Å². The molecular weight excluding hydrogens is 422 g/mol. The first kappa shape index (κ1) is 20.3. The summed E-state index contributed by atoms with van der Waals surface area (Å²) in [4.78, 5) is 5.12. The van der Waals surface area contributed by atoms with E-state index in [-0.39, 0.29) is 0 Å². The average Bonchev–Trinajstić information content (AvgIpc) is 3.50. The van der Waals surface area contributed by atoms with E-state index in [9.17, 15) is 0 Å². The number of pyridine rings is 2. The van der Waals surface area contributed by atoms with Crippen LogP contribution < -0.4 is 5.32 Å². The highest BCUT2D eigenvalue weighted by Gasteiger charge is 2.17. The van der Waals surface area contributed by atoms with Crippen LogP contribution in [0.5, 0.6) is 0 Å². The molecule has 0 atom stereocenters. The molecule has 2 aromatic carbocycles. The number of benzene rings is 2. The van der Waals surface area contributed by atoms with E-state index in [1.807, 2.05) is 42.8 Å². The molecule has 6 aromatic rings. The first-order chi connectivity index (χ1) is 16.7. The molecule has 2 N–H and O–H groups in total. The largest absolute Gasteiger partial charge is 0.316 e. The van der Waals surface area contributed by atoms with E-state index in [1.54, 1.807) is 0 Å². The van der Waals surface area contributed by atoms with Gasteiger partial charge >= 0.3 is 0 Å².